The van der Waals surface area contributed by atoms with Crippen molar-refractivity contribution < 1.29 is 9.59 Å². The molecule has 23 heavy (non-hydrogen) atoms. The van der Waals surface area contributed by atoms with Gasteiger partial charge in [-0.3, -0.25) is 9.59 Å². The number of hydrogen-bond acceptors (Lipinski definition) is 4. The molecule has 1 aromatic heterocycles. The van der Waals surface area contributed by atoms with E-state index in [0.29, 0.717) is 19.6 Å². The lowest BCUT2D eigenvalue weighted by atomic mass is 9.65. The van der Waals surface area contributed by atoms with Crippen molar-refractivity contribution in [2.45, 2.75) is 47.1 Å². The first-order chi connectivity index (χ1) is 10.8. The van der Waals surface area contributed by atoms with Crippen molar-refractivity contribution in [1.82, 2.24) is 25.4 Å². The van der Waals surface area contributed by atoms with Gasteiger partial charge in [0, 0.05) is 25.6 Å². The predicted molar refractivity (Wildman–Crippen MR) is 86.3 cm³/mol. The van der Waals surface area contributed by atoms with E-state index in [0.717, 1.165) is 12.8 Å². The quantitative estimate of drug-likeness (QED) is 0.817. The number of carbonyl (C=O) groups is 2. The molecule has 1 fully saturated rings. The van der Waals surface area contributed by atoms with Gasteiger partial charge in [0.05, 0.1) is 5.41 Å². The fourth-order valence-electron chi connectivity index (χ4n) is 3.49. The molecule has 0 aromatic carbocycles. The summed E-state index contributed by atoms with van der Waals surface area (Å²) in [7, 11) is 0. The van der Waals surface area contributed by atoms with Gasteiger partial charge in [-0.1, -0.05) is 20.8 Å². The van der Waals surface area contributed by atoms with Crippen molar-refractivity contribution in [2.75, 3.05) is 13.1 Å². The molecule has 1 heterocycles. The standard InChI is InChI=1S/C16H27N5O2/c1-5-17-13(22)12-6-7-16(4,15(12,2)3)14(23)18-8-9-21-10-19-20-11-21/h10-12H,5-9H2,1-4H3,(H,17,22)(H,18,23)/t12-,16+/m1/s1. The van der Waals surface area contributed by atoms with Crippen LogP contribution >= 0.6 is 0 Å². The van der Waals surface area contributed by atoms with Gasteiger partial charge in [-0.15, -0.1) is 10.2 Å². The Morgan fingerprint density at radius 3 is 2.48 bits per heavy atom. The topological polar surface area (TPSA) is 88.9 Å². The molecule has 1 aliphatic rings. The van der Waals surface area contributed by atoms with Crippen LogP contribution in [0.5, 0.6) is 0 Å². The third-order valence-electron chi connectivity index (χ3n) is 5.52. The van der Waals surface area contributed by atoms with E-state index in [1.165, 1.54) is 0 Å². The molecule has 2 N–H and O–H groups in total. The maximum Gasteiger partial charge on any atom is 0.226 e. The van der Waals surface area contributed by atoms with Gasteiger partial charge in [0.2, 0.25) is 11.8 Å². The van der Waals surface area contributed by atoms with Crippen molar-refractivity contribution in [2.24, 2.45) is 16.7 Å². The highest BCUT2D eigenvalue weighted by Gasteiger charge is 2.57. The summed E-state index contributed by atoms with van der Waals surface area (Å²) in [5.74, 6) is -0.0584. The second-order valence-corrected chi connectivity index (χ2v) is 7.00. The number of nitrogens with one attached hydrogen (secondary N) is 2. The van der Waals surface area contributed by atoms with Crippen LogP contribution in [-0.4, -0.2) is 39.7 Å². The van der Waals surface area contributed by atoms with Gasteiger partial charge >= 0.3 is 0 Å². The summed E-state index contributed by atoms with van der Waals surface area (Å²) < 4.78 is 1.82. The second-order valence-electron chi connectivity index (χ2n) is 7.00. The molecule has 2 amide bonds. The second kappa shape index (κ2) is 6.68. The van der Waals surface area contributed by atoms with Crippen molar-refractivity contribution in [3.05, 3.63) is 12.7 Å². The summed E-state index contributed by atoms with van der Waals surface area (Å²) in [5.41, 5.74) is -0.928. The molecule has 1 aromatic rings. The first-order valence-electron chi connectivity index (χ1n) is 8.21. The molecule has 0 spiro atoms. The normalized spacial score (nSPS) is 26.0. The molecule has 1 saturated carbocycles. The zero-order valence-electron chi connectivity index (χ0n) is 14.4. The fourth-order valence-corrected chi connectivity index (χ4v) is 3.49. The van der Waals surface area contributed by atoms with E-state index in [4.69, 9.17) is 0 Å². The maximum absolute atomic E-state index is 12.8. The number of hydrogen-bond donors (Lipinski definition) is 2. The molecule has 7 nitrogen and oxygen atoms in total. The van der Waals surface area contributed by atoms with Gasteiger partial charge in [0.25, 0.3) is 0 Å². The van der Waals surface area contributed by atoms with E-state index < -0.39 is 5.41 Å². The van der Waals surface area contributed by atoms with Crippen LogP contribution in [0.25, 0.3) is 0 Å². The molecule has 2 rings (SSSR count). The van der Waals surface area contributed by atoms with Gasteiger partial charge in [-0.2, -0.15) is 0 Å². The highest BCUT2D eigenvalue weighted by molar-refractivity contribution is 5.87. The molecule has 0 bridgehead atoms. The van der Waals surface area contributed by atoms with Gasteiger partial charge < -0.3 is 15.2 Å². The van der Waals surface area contributed by atoms with Crippen LogP contribution < -0.4 is 10.6 Å². The van der Waals surface area contributed by atoms with E-state index in [9.17, 15) is 9.59 Å². The number of carbonyl (C=O) groups excluding carboxylic acids is 2. The third-order valence-corrected chi connectivity index (χ3v) is 5.52. The summed E-state index contributed by atoms with van der Waals surface area (Å²) in [6.45, 7) is 9.71. The average molecular weight is 321 g/mol. The van der Waals surface area contributed by atoms with Crippen LogP contribution in [0.1, 0.15) is 40.5 Å². The van der Waals surface area contributed by atoms with Gasteiger partial charge in [-0.05, 0) is 25.2 Å². The molecule has 1 aliphatic carbocycles. The molecular formula is C16H27N5O2. The SMILES string of the molecule is CCNC(=O)[C@H]1CC[C@@](C)(C(=O)NCCn2cnnc2)C1(C)C. The Kier molecular flexibility index (Phi) is 5.06. The van der Waals surface area contributed by atoms with Crippen LogP contribution in [0.4, 0.5) is 0 Å². The van der Waals surface area contributed by atoms with Crippen molar-refractivity contribution in [1.29, 1.82) is 0 Å². The Bertz CT molecular complexity index is 555. The van der Waals surface area contributed by atoms with Gasteiger partial charge in [0.15, 0.2) is 0 Å². The maximum atomic E-state index is 12.8. The lowest BCUT2D eigenvalue weighted by Crippen LogP contribution is -2.49. The zero-order chi connectivity index (χ0) is 17.1. The van der Waals surface area contributed by atoms with E-state index in [1.54, 1.807) is 12.7 Å². The largest absolute Gasteiger partial charge is 0.356 e. The summed E-state index contributed by atoms with van der Waals surface area (Å²) >= 11 is 0. The molecular weight excluding hydrogens is 294 g/mol. The van der Waals surface area contributed by atoms with Crippen LogP contribution in [0.3, 0.4) is 0 Å². The lowest BCUT2D eigenvalue weighted by molar-refractivity contribution is -0.138. The smallest absolute Gasteiger partial charge is 0.226 e. The van der Waals surface area contributed by atoms with Crippen molar-refractivity contribution in [3.8, 4) is 0 Å². The Labute approximate surface area is 137 Å². The van der Waals surface area contributed by atoms with E-state index >= 15 is 0 Å². The third kappa shape index (κ3) is 3.23. The highest BCUT2D eigenvalue weighted by Crippen LogP contribution is 2.56. The van der Waals surface area contributed by atoms with Crippen LogP contribution in [-0.2, 0) is 16.1 Å². The molecule has 0 aliphatic heterocycles. The minimum absolute atomic E-state index is 0.0161. The Morgan fingerprint density at radius 1 is 1.22 bits per heavy atom. The minimum atomic E-state index is -0.546. The average Bonchev–Trinajstić information content (AvgIpc) is 3.07. The first-order valence-corrected chi connectivity index (χ1v) is 8.21. The van der Waals surface area contributed by atoms with Crippen LogP contribution in [0.15, 0.2) is 12.7 Å². The number of aromatic nitrogens is 3. The summed E-state index contributed by atoms with van der Waals surface area (Å²) in [6, 6.07) is 0. The molecule has 0 radical (unpaired) electrons. The molecule has 2 atom stereocenters. The Hall–Kier alpha value is -1.92. The van der Waals surface area contributed by atoms with E-state index in [2.05, 4.69) is 20.8 Å². The van der Waals surface area contributed by atoms with E-state index in [-0.39, 0.29) is 23.1 Å². The summed E-state index contributed by atoms with van der Waals surface area (Å²) in [5, 5.41) is 13.4. The minimum Gasteiger partial charge on any atom is -0.356 e. The Morgan fingerprint density at radius 2 is 1.87 bits per heavy atom. The number of rotatable bonds is 6. The van der Waals surface area contributed by atoms with Crippen molar-refractivity contribution >= 4 is 11.8 Å². The van der Waals surface area contributed by atoms with Crippen LogP contribution in [0.2, 0.25) is 0 Å². The van der Waals surface area contributed by atoms with Gasteiger partial charge in [0.1, 0.15) is 12.7 Å². The Balaban J connectivity index is 1.99. The van der Waals surface area contributed by atoms with E-state index in [1.807, 2.05) is 32.3 Å². The molecule has 7 heteroatoms. The van der Waals surface area contributed by atoms with Crippen LogP contribution in [0, 0.1) is 16.7 Å². The fraction of sp³-hybridized carbons (Fsp3) is 0.750. The summed E-state index contributed by atoms with van der Waals surface area (Å²) in [6.07, 6.45) is 4.71. The number of nitrogens with zero attached hydrogens (tertiary/aromatic N) is 3. The molecule has 0 unspecified atom stereocenters. The monoisotopic (exact) mass is 321 g/mol. The van der Waals surface area contributed by atoms with Crippen molar-refractivity contribution in [3.63, 3.8) is 0 Å². The molecule has 128 valence electrons. The zero-order valence-corrected chi connectivity index (χ0v) is 14.4. The first kappa shape index (κ1) is 17.4. The molecule has 0 saturated heterocycles. The highest BCUT2D eigenvalue weighted by atomic mass is 16.2. The lowest BCUT2D eigenvalue weighted by Gasteiger charge is -2.39. The predicted octanol–water partition coefficient (Wildman–Crippen LogP) is 0.973. The number of amides is 2. The van der Waals surface area contributed by atoms with Gasteiger partial charge in [-0.25, -0.2) is 0 Å². The summed E-state index contributed by atoms with van der Waals surface area (Å²) in [4.78, 5) is 25.0.